The lowest BCUT2D eigenvalue weighted by molar-refractivity contribution is 0.462. The second-order valence-corrected chi connectivity index (χ2v) is 5.89. The summed E-state index contributed by atoms with van der Waals surface area (Å²) >= 11 is 2.14. The third-order valence-corrected chi connectivity index (χ3v) is 5.57. The zero-order valence-electron chi connectivity index (χ0n) is 8.42. The molecule has 2 aliphatic rings. The molecule has 0 saturated heterocycles. The first-order chi connectivity index (χ1) is 5.61. The first kappa shape index (κ1) is 8.68. The Morgan fingerprint density at radius 1 is 1.25 bits per heavy atom. The zero-order chi connectivity index (χ0) is 8.88. The molecule has 1 heteroatoms. The van der Waals surface area contributed by atoms with Gasteiger partial charge in [-0.2, -0.15) is 0 Å². The average molecular weight is 182 g/mol. The van der Waals surface area contributed by atoms with Crippen molar-refractivity contribution in [2.24, 2.45) is 17.8 Å². The largest absolute Gasteiger partial charge is 0.127 e. The molecule has 1 aliphatic heterocycles. The second-order valence-electron chi connectivity index (χ2n) is 4.50. The van der Waals surface area contributed by atoms with Crippen LogP contribution < -0.4 is 0 Å². The number of rotatable bonds is 0. The minimum Gasteiger partial charge on any atom is -0.127 e. The summed E-state index contributed by atoms with van der Waals surface area (Å²) in [6.07, 6.45) is 1.43. The summed E-state index contributed by atoms with van der Waals surface area (Å²) < 4.78 is 0. The Kier molecular flexibility index (Phi) is 2.02. The number of thioether (sulfide) groups is 1. The van der Waals surface area contributed by atoms with E-state index in [0.717, 1.165) is 23.0 Å². The fourth-order valence-corrected chi connectivity index (χ4v) is 4.32. The standard InChI is InChI=1S/C11H18S/c1-6-5-10-8(3)9(4)12-11(10)7(6)2/h6-7,10-11H,5H2,1-4H3. The maximum absolute atomic E-state index is 2.42. The monoisotopic (exact) mass is 182 g/mol. The van der Waals surface area contributed by atoms with Gasteiger partial charge in [-0.1, -0.05) is 19.4 Å². The fourth-order valence-electron chi connectivity index (χ4n) is 2.61. The molecule has 0 aromatic heterocycles. The third kappa shape index (κ3) is 1.06. The van der Waals surface area contributed by atoms with Gasteiger partial charge < -0.3 is 0 Å². The van der Waals surface area contributed by atoms with E-state index >= 15 is 0 Å². The smallest absolute Gasteiger partial charge is 0.0185 e. The predicted molar refractivity (Wildman–Crippen MR) is 56.2 cm³/mol. The third-order valence-electron chi connectivity index (χ3n) is 3.86. The number of allylic oxidation sites excluding steroid dienone is 2. The molecule has 0 nitrogen and oxygen atoms in total. The topological polar surface area (TPSA) is 0 Å². The average Bonchev–Trinajstić information content (AvgIpc) is 2.43. The van der Waals surface area contributed by atoms with E-state index in [4.69, 9.17) is 0 Å². The van der Waals surface area contributed by atoms with Gasteiger partial charge in [0.05, 0.1) is 0 Å². The predicted octanol–water partition coefficient (Wildman–Crippen LogP) is 3.69. The first-order valence-electron chi connectivity index (χ1n) is 4.95. The number of fused-ring (bicyclic) bond motifs is 1. The van der Waals surface area contributed by atoms with Gasteiger partial charge in [0.1, 0.15) is 0 Å². The van der Waals surface area contributed by atoms with Gasteiger partial charge in [0.25, 0.3) is 0 Å². The molecular formula is C11H18S. The van der Waals surface area contributed by atoms with E-state index in [1.807, 2.05) is 0 Å². The summed E-state index contributed by atoms with van der Waals surface area (Å²) in [7, 11) is 0. The summed E-state index contributed by atoms with van der Waals surface area (Å²) in [6.45, 7) is 9.45. The van der Waals surface area contributed by atoms with Crippen molar-refractivity contribution in [3.8, 4) is 0 Å². The van der Waals surface area contributed by atoms with Crippen molar-refractivity contribution in [2.45, 2.75) is 39.4 Å². The number of hydrogen-bond donors (Lipinski definition) is 0. The van der Waals surface area contributed by atoms with Crippen LogP contribution in [0.4, 0.5) is 0 Å². The molecule has 1 aliphatic carbocycles. The van der Waals surface area contributed by atoms with Gasteiger partial charge in [-0.15, -0.1) is 11.8 Å². The van der Waals surface area contributed by atoms with Crippen LogP contribution in [-0.4, -0.2) is 5.25 Å². The molecule has 1 fully saturated rings. The number of hydrogen-bond acceptors (Lipinski definition) is 1. The van der Waals surface area contributed by atoms with E-state index in [1.54, 1.807) is 10.5 Å². The van der Waals surface area contributed by atoms with Crippen molar-refractivity contribution in [1.29, 1.82) is 0 Å². The quantitative estimate of drug-likeness (QED) is 0.550. The first-order valence-corrected chi connectivity index (χ1v) is 5.83. The molecule has 12 heavy (non-hydrogen) atoms. The van der Waals surface area contributed by atoms with Crippen LogP contribution in [0.1, 0.15) is 34.1 Å². The fraction of sp³-hybridized carbons (Fsp3) is 0.818. The maximum Gasteiger partial charge on any atom is 0.0185 e. The summed E-state index contributed by atoms with van der Waals surface area (Å²) in [4.78, 5) is 1.60. The molecule has 68 valence electrons. The second kappa shape index (κ2) is 2.80. The Morgan fingerprint density at radius 3 is 2.50 bits per heavy atom. The highest BCUT2D eigenvalue weighted by atomic mass is 32.2. The lowest BCUT2D eigenvalue weighted by Crippen LogP contribution is -2.13. The molecule has 0 radical (unpaired) electrons. The van der Waals surface area contributed by atoms with E-state index in [-0.39, 0.29) is 0 Å². The van der Waals surface area contributed by atoms with E-state index in [0.29, 0.717) is 0 Å². The summed E-state index contributed by atoms with van der Waals surface area (Å²) in [5.41, 5.74) is 1.68. The lowest BCUT2D eigenvalue weighted by atomic mass is 9.98. The molecule has 4 unspecified atom stereocenters. The highest BCUT2D eigenvalue weighted by molar-refractivity contribution is 8.04. The molecule has 4 atom stereocenters. The van der Waals surface area contributed by atoms with E-state index in [1.165, 1.54) is 6.42 Å². The molecule has 0 N–H and O–H groups in total. The van der Waals surface area contributed by atoms with Crippen molar-refractivity contribution < 1.29 is 0 Å². The van der Waals surface area contributed by atoms with E-state index in [9.17, 15) is 0 Å². The zero-order valence-corrected chi connectivity index (χ0v) is 9.24. The Hall–Kier alpha value is 0.0900. The van der Waals surface area contributed by atoms with E-state index < -0.39 is 0 Å². The SMILES string of the molecule is CC1=C(C)C2CC(C)C(C)C2S1. The Labute approximate surface area is 79.8 Å². The van der Waals surface area contributed by atoms with E-state index in [2.05, 4.69) is 39.5 Å². The maximum atomic E-state index is 2.42. The van der Waals surface area contributed by atoms with Crippen LogP contribution >= 0.6 is 11.8 Å². The molecule has 1 heterocycles. The van der Waals surface area contributed by atoms with Gasteiger partial charge >= 0.3 is 0 Å². The summed E-state index contributed by atoms with van der Waals surface area (Å²) in [5, 5.41) is 0.917. The van der Waals surface area contributed by atoms with Crippen molar-refractivity contribution in [1.82, 2.24) is 0 Å². The van der Waals surface area contributed by atoms with Crippen LogP contribution in [-0.2, 0) is 0 Å². The molecule has 2 rings (SSSR count). The van der Waals surface area contributed by atoms with Crippen LogP contribution in [0.2, 0.25) is 0 Å². The van der Waals surface area contributed by atoms with Crippen molar-refractivity contribution in [2.75, 3.05) is 0 Å². The molecule has 0 spiro atoms. The van der Waals surface area contributed by atoms with Crippen molar-refractivity contribution in [3.63, 3.8) is 0 Å². The Bertz CT molecular complexity index is 229. The molecule has 0 amide bonds. The van der Waals surface area contributed by atoms with Gasteiger partial charge in [-0.3, -0.25) is 0 Å². The molecular weight excluding hydrogens is 164 g/mol. The van der Waals surface area contributed by atoms with Gasteiger partial charge in [0.15, 0.2) is 0 Å². The van der Waals surface area contributed by atoms with Gasteiger partial charge in [-0.05, 0) is 42.9 Å². The molecule has 1 saturated carbocycles. The van der Waals surface area contributed by atoms with Gasteiger partial charge in [-0.25, -0.2) is 0 Å². The minimum absolute atomic E-state index is 0.917. The normalized spacial score (nSPS) is 47.0. The van der Waals surface area contributed by atoms with Crippen LogP contribution in [0.3, 0.4) is 0 Å². The van der Waals surface area contributed by atoms with Gasteiger partial charge in [0.2, 0.25) is 0 Å². The van der Waals surface area contributed by atoms with Crippen LogP contribution in [0.15, 0.2) is 10.5 Å². The Balaban J connectivity index is 2.23. The van der Waals surface area contributed by atoms with Gasteiger partial charge in [0, 0.05) is 5.25 Å². The Morgan fingerprint density at radius 2 is 1.92 bits per heavy atom. The minimum atomic E-state index is 0.917. The summed E-state index contributed by atoms with van der Waals surface area (Å²) in [5.74, 6) is 2.78. The molecule has 0 aromatic carbocycles. The summed E-state index contributed by atoms with van der Waals surface area (Å²) in [6, 6.07) is 0. The van der Waals surface area contributed by atoms with Crippen LogP contribution in [0.5, 0.6) is 0 Å². The van der Waals surface area contributed by atoms with Crippen molar-refractivity contribution >= 4 is 11.8 Å². The highest BCUT2D eigenvalue weighted by Gasteiger charge is 2.43. The lowest BCUT2D eigenvalue weighted by Gasteiger charge is -2.15. The van der Waals surface area contributed by atoms with Crippen LogP contribution in [0, 0.1) is 17.8 Å². The molecule has 0 aromatic rings. The molecule has 0 bridgehead atoms. The van der Waals surface area contributed by atoms with Crippen LogP contribution in [0.25, 0.3) is 0 Å². The van der Waals surface area contributed by atoms with Crippen molar-refractivity contribution in [3.05, 3.63) is 10.5 Å². The highest BCUT2D eigenvalue weighted by Crippen LogP contribution is 2.54.